The Morgan fingerprint density at radius 1 is 1.37 bits per heavy atom. The number of pyridine rings is 1. The monoisotopic (exact) mass is 279 g/mol. The van der Waals surface area contributed by atoms with Crippen LogP contribution in [0.4, 0.5) is 5.82 Å². The number of nitrogens with one attached hydrogen (secondary N) is 1. The summed E-state index contributed by atoms with van der Waals surface area (Å²) in [6, 6.07) is 5.27. The lowest BCUT2D eigenvalue weighted by Crippen LogP contribution is -2.35. The van der Waals surface area contributed by atoms with Crippen molar-refractivity contribution >= 4 is 17.4 Å². The quantitative estimate of drug-likeness (QED) is 0.832. The topological polar surface area (TPSA) is 68.9 Å². The van der Waals surface area contributed by atoms with Crippen LogP contribution in [0.2, 0.25) is 5.15 Å². The van der Waals surface area contributed by atoms with Crippen LogP contribution in [-0.4, -0.2) is 23.2 Å². The van der Waals surface area contributed by atoms with Gasteiger partial charge < -0.3 is 10.4 Å². The van der Waals surface area contributed by atoms with E-state index in [9.17, 15) is 5.11 Å². The van der Waals surface area contributed by atoms with Gasteiger partial charge in [0, 0.05) is 12.0 Å². The van der Waals surface area contributed by atoms with Crippen LogP contribution in [0.25, 0.3) is 0 Å². The third-order valence-electron chi connectivity index (χ3n) is 3.82. The number of anilines is 1. The average molecular weight is 280 g/mol. The number of nitrogens with zero attached hydrogens (tertiary/aromatic N) is 2. The second-order valence-electron chi connectivity index (χ2n) is 5.25. The first-order chi connectivity index (χ1) is 9.17. The molecular formula is C14H18ClN3O. The summed E-state index contributed by atoms with van der Waals surface area (Å²) in [5.74, 6) is 0.599. The first kappa shape index (κ1) is 14.1. The van der Waals surface area contributed by atoms with Crippen LogP contribution in [-0.2, 0) is 0 Å². The van der Waals surface area contributed by atoms with Crippen molar-refractivity contribution in [1.29, 1.82) is 5.26 Å². The number of aliphatic hydroxyl groups excluding tert-OH is 1. The van der Waals surface area contributed by atoms with E-state index in [0.29, 0.717) is 23.1 Å². The molecule has 0 atom stereocenters. The van der Waals surface area contributed by atoms with Crippen molar-refractivity contribution in [1.82, 2.24) is 4.98 Å². The Hall–Kier alpha value is -1.31. The zero-order chi connectivity index (χ0) is 13.7. The third kappa shape index (κ3) is 3.59. The third-order valence-corrected chi connectivity index (χ3v) is 4.01. The largest absolute Gasteiger partial charge is 0.396 e. The van der Waals surface area contributed by atoms with Crippen LogP contribution in [0.1, 0.15) is 37.7 Å². The van der Waals surface area contributed by atoms with Gasteiger partial charge in [0.1, 0.15) is 11.0 Å². The molecule has 1 saturated carbocycles. The molecule has 0 bridgehead atoms. The highest BCUT2D eigenvalue weighted by Gasteiger charge is 2.31. The van der Waals surface area contributed by atoms with Crippen molar-refractivity contribution in [3.63, 3.8) is 0 Å². The van der Waals surface area contributed by atoms with Crippen LogP contribution >= 0.6 is 11.6 Å². The summed E-state index contributed by atoms with van der Waals surface area (Å²) in [5, 5.41) is 22.1. The van der Waals surface area contributed by atoms with E-state index in [0.717, 1.165) is 25.7 Å². The van der Waals surface area contributed by atoms with Crippen LogP contribution in [0.3, 0.4) is 0 Å². The summed E-state index contributed by atoms with van der Waals surface area (Å²) in [7, 11) is 0. The molecule has 5 heteroatoms. The molecule has 1 fully saturated rings. The first-order valence-electron chi connectivity index (χ1n) is 6.60. The van der Waals surface area contributed by atoms with E-state index in [1.165, 1.54) is 12.5 Å². The van der Waals surface area contributed by atoms with E-state index in [2.05, 4.69) is 16.4 Å². The highest BCUT2D eigenvalue weighted by atomic mass is 35.5. The number of nitriles is 1. The Balaban J connectivity index is 2.05. The summed E-state index contributed by atoms with van der Waals surface area (Å²) in [6.07, 6.45) is 5.63. The predicted molar refractivity (Wildman–Crippen MR) is 75.1 cm³/mol. The molecule has 4 nitrogen and oxygen atoms in total. The molecule has 19 heavy (non-hydrogen) atoms. The summed E-state index contributed by atoms with van der Waals surface area (Å²) in [5.41, 5.74) is 0.430. The van der Waals surface area contributed by atoms with Crippen molar-refractivity contribution in [3.05, 3.63) is 22.8 Å². The lowest BCUT2D eigenvalue weighted by atomic mass is 9.74. The second-order valence-corrected chi connectivity index (χ2v) is 5.64. The molecule has 0 unspecified atom stereocenters. The van der Waals surface area contributed by atoms with E-state index in [4.69, 9.17) is 16.9 Å². The minimum Gasteiger partial charge on any atom is -0.396 e. The molecule has 1 heterocycles. The fourth-order valence-electron chi connectivity index (χ4n) is 2.62. The lowest BCUT2D eigenvalue weighted by Gasteiger charge is -2.35. The first-order valence-corrected chi connectivity index (χ1v) is 6.98. The van der Waals surface area contributed by atoms with Crippen LogP contribution in [0, 0.1) is 16.7 Å². The summed E-state index contributed by atoms with van der Waals surface area (Å²) in [6.45, 7) is 0.855. The van der Waals surface area contributed by atoms with Gasteiger partial charge in [-0.25, -0.2) is 4.98 Å². The van der Waals surface area contributed by atoms with Crippen molar-refractivity contribution < 1.29 is 5.11 Å². The number of rotatable bonds is 4. The summed E-state index contributed by atoms with van der Waals surface area (Å²) in [4.78, 5) is 4.15. The normalized spacial score (nSPS) is 17.7. The molecule has 102 valence electrons. The van der Waals surface area contributed by atoms with Gasteiger partial charge >= 0.3 is 0 Å². The van der Waals surface area contributed by atoms with Gasteiger partial charge in [-0.3, -0.25) is 0 Å². The Kier molecular flexibility index (Phi) is 4.62. The summed E-state index contributed by atoms with van der Waals surface area (Å²) >= 11 is 5.87. The van der Waals surface area contributed by atoms with Crippen molar-refractivity contribution in [3.8, 4) is 6.07 Å². The Bertz CT molecular complexity index is 478. The SMILES string of the molecule is N#Cc1cc(Cl)nc(NCC2(CO)CCCCC2)c1. The van der Waals surface area contributed by atoms with E-state index < -0.39 is 0 Å². The van der Waals surface area contributed by atoms with E-state index in [1.54, 1.807) is 6.07 Å². The molecule has 0 amide bonds. The molecule has 0 aromatic carbocycles. The Morgan fingerprint density at radius 3 is 2.74 bits per heavy atom. The van der Waals surface area contributed by atoms with E-state index >= 15 is 0 Å². The maximum absolute atomic E-state index is 9.64. The maximum atomic E-state index is 9.64. The average Bonchev–Trinajstić information content (AvgIpc) is 2.45. The molecular weight excluding hydrogens is 262 g/mol. The van der Waals surface area contributed by atoms with Gasteiger partial charge in [0.25, 0.3) is 0 Å². The van der Waals surface area contributed by atoms with E-state index in [1.807, 2.05) is 0 Å². The van der Waals surface area contributed by atoms with Crippen LogP contribution < -0.4 is 5.32 Å². The zero-order valence-corrected chi connectivity index (χ0v) is 11.6. The fraction of sp³-hybridized carbons (Fsp3) is 0.571. The standard InChI is InChI=1S/C14H18ClN3O/c15-12-6-11(8-16)7-13(18-12)17-9-14(10-19)4-2-1-3-5-14/h6-7,19H,1-5,9-10H2,(H,17,18). The molecule has 0 spiro atoms. The number of aromatic nitrogens is 1. The van der Waals surface area contributed by atoms with Crippen molar-refractivity contribution in [2.75, 3.05) is 18.5 Å². The van der Waals surface area contributed by atoms with Crippen LogP contribution in [0.15, 0.2) is 12.1 Å². The minimum absolute atomic E-state index is 0.0605. The summed E-state index contributed by atoms with van der Waals surface area (Å²) < 4.78 is 0. The zero-order valence-electron chi connectivity index (χ0n) is 10.8. The van der Waals surface area contributed by atoms with Gasteiger partial charge in [-0.1, -0.05) is 30.9 Å². The van der Waals surface area contributed by atoms with Crippen molar-refractivity contribution in [2.24, 2.45) is 5.41 Å². The van der Waals surface area contributed by atoms with Gasteiger partial charge in [-0.05, 0) is 25.0 Å². The lowest BCUT2D eigenvalue weighted by molar-refractivity contribution is 0.0943. The minimum atomic E-state index is -0.0605. The molecule has 2 rings (SSSR count). The number of hydrogen-bond donors (Lipinski definition) is 2. The highest BCUT2D eigenvalue weighted by molar-refractivity contribution is 6.29. The molecule has 0 radical (unpaired) electrons. The molecule has 1 aromatic rings. The van der Waals surface area contributed by atoms with Crippen molar-refractivity contribution in [2.45, 2.75) is 32.1 Å². The molecule has 2 N–H and O–H groups in total. The molecule has 1 aliphatic rings. The second kappa shape index (κ2) is 6.23. The number of halogens is 1. The molecule has 0 saturated heterocycles. The van der Waals surface area contributed by atoms with Gasteiger partial charge in [0.2, 0.25) is 0 Å². The predicted octanol–water partition coefficient (Wildman–Crippen LogP) is 2.96. The van der Waals surface area contributed by atoms with Crippen LogP contribution in [0.5, 0.6) is 0 Å². The molecule has 0 aliphatic heterocycles. The number of aliphatic hydroxyl groups is 1. The number of hydrogen-bond acceptors (Lipinski definition) is 4. The Morgan fingerprint density at radius 2 is 2.11 bits per heavy atom. The molecule has 1 aromatic heterocycles. The fourth-order valence-corrected chi connectivity index (χ4v) is 2.83. The van der Waals surface area contributed by atoms with Gasteiger partial charge in [-0.2, -0.15) is 5.26 Å². The van der Waals surface area contributed by atoms with Gasteiger partial charge in [0.15, 0.2) is 0 Å². The Labute approximate surface area is 118 Å². The van der Waals surface area contributed by atoms with Gasteiger partial charge in [0.05, 0.1) is 18.2 Å². The van der Waals surface area contributed by atoms with Gasteiger partial charge in [-0.15, -0.1) is 0 Å². The molecule has 1 aliphatic carbocycles. The van der Waals surface area contributed by atoms with E-state index in [-0.39, 0.29) is 12.0 Å². The maximum Gasteiger partial charge on any atom is 0.132 e. The smallest absolute Gasteiger partial charge is 0.132 e. The highest BCUT2D eigenvalue weighted by Crippen LogP contribution is 2.35.